The average Bonchev–Trinajstić information content (AvgIpc) is 2.80. The average molecular weight is 263 g/mol. The number of hydrogen-bond acceptors (Lipinski definition) is 3. The number of carbonyl (C=O) groups is 2. The van der Waals surface area contributed by atoms with Gasteiger partial charge in [0.15, 0.2) is 0 Å². The number of hydrogen-bond donors (Lipinski definition) is 1. The Bertz CT molecular complexity index is 536. The fourth-order valence-electron chi connectivity index (χ4n) is 2.16. The van der Waals surface area contributed by atoms with Gasteiger partial charge in [-0.1, -0.05) is 0 Å². The second kappa shape index (κ2) is 4.66. The molecule has 0 spiro atoms. The summed E-state index contributed by atoms with van der Waals surface area (Å²) in [5, 5.41) is 8.96. The van der Waals surface area contributed by atoms with Crippen molar-refractivity contribution in [2.45, 2.75) is 25.9 Å². The van der Waals surface area contributed by atoms with Crippen molar-refractivity contribution in [2.24, 2.45) is 0 Å². The van der Waals surface area contributed by atoms with Gasteiger partial charge in [0.1, 0.15) is 5.60 Å². The quantitative estimate of drug-likeness (QED) is 0.901. The topological polar surface area (TPSA) is 66.8 Å². The first kappa shape index (κ1) is 13.5. The molecule has 1 aromatic carbocycles. The fourth-order valence-corrected chi connectivity index (χ4v) is 2.16. The minimum Gasteiger partial charge on any atom is -0.478 e. The second-order valence-corrected chi connectivity index (χ2v) is 5.07. The van der Waals surface area contributed by atoms with E-state index in [-0.39, 0.29) is 11.5 Å². The number of anilines is 1. The highest BCUT2D eigenvalue weighted by Gasteiger charge is 2.35. The molecule has 1 N–H and O–H groups in total. The summed E-state index contributed by atoms with van der Waals surface area (Å²) >= 11 is 0. The van der Waals surface area contributed by atoms with E-state index in [9.17, 15) is 9.59 Å². The van der Waals surface area contributed by atoms with Crippen LogP contribution in [0.5, 0.6) is 0 Å². The molecule has 5 nitrogen and oxygen atoms in total. The molecule has 1 heterocycles. The van der Waals surface area contributed by atoms with Crippen LogP contribution in [0.4, 0.5) is 5.69 Å². The van der Waals surface area contributed by atoms with Crippen LogP contribution in [0.25, 0.3) is 0 Å². The highest BCUT2D eigenvalue weighted by Crippen LogP contribution is 2.31. The second-order valence-electron chi connectivity index (χ2n) is 5.07. The maximum Gasteiger partial charge on any atom is 0.335 e. The van der Waals surface area contributed by atoms with E-state index in [1.807, 2.05) is 0 Å². The van der Waals surface area contributed by atoms with Gasteiger partial charge in [0.2, 0.25) is 0 Å². The Balaban J connectivity index is 2.33. The largest absolute Gasteiger partial charge is 0.478 e. The molecule has 0 saturated carbocycles. The van der Waals surface area contributed by atoms with Gasteiger partial charge in [-0.25, -0.2) is 4.79 Å². The number of nitrogens with zero attached hydrogens (tertiary/aromatic N) is 1. The van der Waals surface area contributed by atoms with E-state index in [1.165, 1.54) is 13.2 Å². The lowest BCUT2D eigenvalue weighted by Gasteiger charge is -2.28. The zero-order valence-electron chi connectivity index (χ0n) is 11.3. The Morgan fingerprint density at radius 3 is 2.63 bits per heavy atom. The van der Waals surface area contributed by atoms with E-state index < -0.39 is 11.6 Å². The number of methoxy groups -OCH3 is 1. The van der Waals surface area contributed by atoms with Gasteiger partial charge in [-0.15, -0.1) is 0 Å². The van der Waals surface area contributed by atoms with Gasteiger partial charge in [0.05, 0.1) is 5.56 Å². The zero-order chi connectivity index (χ0) is 14.2. The van der Waals surface area contributed by atoms with Crippen molar-refractivity contribution >= 4 is 17.6 Å². The van der Waals surface area contributed by atoms with Crippen molar-refractivity contribution in [3.05, 3.63) is 29.3 Å². The lowest BCUT2D eigenvalue weighted by Crippen LogP contribution is -2.45. The molecule has 1 amide bonds. The number of aromatic carboxylic acids is 1. The predicted molar refractivity (Wildman–Crippen MR) is 70.5 cm³/mol. The molecular formula is C14H17NO4. The summed E-state index contributed by atoms with van der Waals surface area (Å²) in [6, 6.07) is 4.84. The molecule has 1 aliphatic heterocycles. The normalized spacial score (nSPS) is 14.4. The predicted octanol–water partition coefficient (Wildman–Crippen LogP) is 1.70. The first-order chi connectivity index (χ1) is 8.86. The van der Waals surface area contributed by atoms with Gasteiger partial charge in [0, 0.05) is 19.3 Å². The molecule has 0 unspecified atom stereocenters. The molecule has 5 heteroatoms. The summed E-state index contributed by atoms with van der Waals surface area (Å²) in [6.07, 6.45) is 0.669. The Labute approximate surface area is 111 Å². The molecule has 1 aliphatic rings. The van der Waals surface area contributed by atoms with E-state index in [1.54, 1.807) is 30.9 Å². The molecule has 0 aliphatic carbocycles. The number of carbonyl (C=O) groups excluding carboxylic acids is 1. The van der Waals surface area contributed by atoms with Crippen molar-refractivity contribution < 1.29 is 19.4 Å². The molecular weight excluding hydrogens is 246 g/mol. The standard InChI is InChI=1S/C14H17NO4/c1-14(2,19-3)13(18)15-7-6-9-8-10(12(16)17)4-5-11(9)15/h4-5,8H,6-7H2,1-3H3,(H,16,17). The van der Waals surface area contributed by atoms with Crippen molar-refractivity contribution in [2.75, 3.05) is 18.6 Å². The summed E-state index contributed by atoms with van der Waals surface area (Å²) in [5.74, 6) is -1.07. The lowest BCUT2D eigenvalue weighted by molar-refractivity contribution is -0.136. The number of carboxylic acid groups (broad SMARTS) is 1. The van der Waals surface area contributed by atoms with Crippen molar-refractivity contribution in [1.29, 1.82) is 0 Å². The third kappa shape index (κ3) is 2.33. The Hall–Kier alpha value is -1.88. The molecule has 0 fully saturated rings. The van der Waals surface area contributed by atoms with Crippen LogP contribution in [-0.2, 0) is 16.0 Å². The van der Waals surface area contributed by atoms with Crippen LogP contribution in [0.3, 0.4) is 0 Å². The van der Waals surface area contributed by atoms with E-state index >= 15 is 0 Å². The molecule has 0 bridgehead atoms. The molecule has 0 aromatic heterocycles. The number of rotatable bonds is 3. The van der Waals surface area contributed by atoms with Crippen molar-refractivity contribution in [1.82, 2.24) is 0 Å². The SMILES string of the molecule is COC(C)(C)C(=O)N1CCc2cc(C(=O)O)ccc21. The third-order valence-corrected chi connectivity index (χ3v) is 3.49. The first-order valence-corrected chi connectivity index (χ1v) is 6.10. The van der Waals surface area contributed by atoms with Crippen LogP contribution in [0.15, 0.2) is 18.2 Å². The molecule has 0 saturated heterocycles. The molecule has 0 radical (unpaired) electrons. The van der Waals surface area contributed by atoms with E-state index in [0.717, 1.165) is 11.3 Å². The van der Waals surface area contributed by atoms with E-state index in [4.69, 9.17) is 9.84 Å². The Kier molecular flexibility index (Phi) is 3.32. The van der Waals surface area contributed by atoms with Crippen molar-refractivity contribution in [3.63, 3.8) is 0 Å². The molecule has 102 valence electrons. The minimum absolute atomic E-state index is 0.114. The van der Waals surface area contributed by atoms with Gasteiger partial charge < -0.3 is 14.7 Å². The van der Waals surface area contributed by atoms with Gasteiger partial charge in [-0.05, 0) is 44.0 Å². The van der Waals surface area contributed by atoms with Crippen LogP contribution in [0, 0.1) is 0 Å². The van der Waals surface area contributed by atoms with Gasteiger partial charge in [0.25, 0.3) is 5.91 Å². The number of ether oxygens (including phenoxy) is 1. The first-order valence-electron chi connectivity index (χ1n) is 6.10. The van der Waals surface area contributed by atoms with Gasteiger partial charge in [-0.2, -0.15) is 0 Å². The monoisotopic (exact) mass is 263 g/mol. The fraction of sp³-hybridized carbons (Fsp3) is 0.429. The maximum absolute atomic E-state index is 12.4. The minimum atomic E-state index is -0.954. The number of amides is 1. The molecule has 19 heavy (non-hydrogen) atoms. The van der Waals surface area contributed by atoms with Crippen molar-refractivity contribution in [3.8, 4) is 0 Å². The molecule has 0 atom stereocenters. The summed E-state index contributed by atoms with van der Waals surface area (Å²) in [6.45, 7) is 4.00. The van der Waals surface area contributed by atoms with Crippen LogP contribution in [0.1, 0.15) is 29.8 Å². The zero-order valence-corrected chi connectivity index (χ0v) is 11.3. The summed E-state index contributed by atoms with van der Waals surface area (Å²) in [5.41, 5.74) is 1.03. The highest BCUT2D eigenvalue weighted by molar-refractivity contribution is 6.01. The van der Waals surface area contributed by atoms with E-state index in [0.29, 0.717) is 13.0 Å². The Morgan fingerprint density at radius 2 is 2.05 bits per heavy atom. The van der Waals surface area contributed by atoms with Crippen LogP contribution in [-0.4, -0.2) is 36.2 Å². The van der Waals surface area contributed by atoms with Gasteiger partial charge in [-0.3, -0.25) is 4.79 Å². The number of carboxylic acids is 1. The number of fused-ring (bicyclic) bond motifs is 1. The van der Waals surface area contributed by atoms with Crippen LogP contribution in [0.2, 0.25) is 0 Å². The molecule has 2 rings (SSSR count). The van der Waals surface area contributed by atoms with Crippen LogP contribution < -0.4 is 4.90 Å². The summed E-state index contributed by atoms with van der Waals surface area (Å²) in [4.78, 5) is 24.9. The lowest BCUT2D eigenvalue weighted by atomic mass is 10.1. The highest BCUT2D eigenvalue weighted by atomic mass is 16.5. The Morgan fingerprint density at radius 1 is 1.37 bits per heavy atom. The van der Waals surface area contributed by atoms with Gasteiger partial charge >= 0.3 is 5.97 Å². The van der Waals surface area contributed by atoms with Crippen LogP contribution >= 0.6 is 0 Å². The third-order valence-electron chi connectivity index (χ3n) is 3.49. The maximum atomic E-state index is 12.4. The molecule has 1 aromatic rings. The smallest absolute Gasteiger partial charge is 0.335 e. The number of benzene rings is 1. The van der Waals surface area contributed by atoms with E-state index in [2.05, 4.69) is 0 Å². The summed E-state index contributed by atoms with van der Waals surface area (Å²) in [7, 11) is 1.50. The summed E-state index contributed by atoms with van der Waals surface area (Å²) < 4.78 is 5.20.